The summed E-state index contributed by atoms with van der Waals surface area (Å²) in [6.07, 6.45) is 1.05. The van der Waals surface area contributed by atoms with Gasteiger partial charge >= 0.3 is 0 Å². The van der Waals surface area contributed by atoms with Crippen LogP contribution in [0, 0.1) is 6.92 Å². The number of hydrogen-bond acceptors (Lipinski definition) is 3. The Morgan fingerprint density at radius 1 is 1.28 bits per heavy atom. The molecule has 2 atom stereocenters. The lowest BCUT2D eigenvalue weighted by Gasteiger charge is -2.16. The Labute approximate surface area is 111 Å². The maximum absolute atomic E-state index is 10.1. The van der Waals surface area contributed by atoms with Crippen molar-refractivity contribution in [2.24, 2.45) is 0 Å². The topological polar surface area (TPSA) is 32.3 Å². The molecule has 0 radical (unpaired) electrons. The maximum Gasteiger partial charge on any atom is 0.121 e. The lowest BCUT2D eigenvalue weighted by Crippen LogP contribution is -2.06. The van der Waals surface area contributed by atoms with E-state index in [-0.39, 0.29) is 6.04 Å². The molecule has 0 saturated carbocycles. The van der Waals surface area contributed by atoms with E-state index in [9.17, 15) is 5.11 Å². The number of aromatic hydroxyl groups is 1. The summed E-state index contributed by atoms with van der Waals surface area (Å²) in [5.74, 6) is 0.927. The molecule has 0 bridgehead atoms. The largest absolute Gasteiger partial charge is 0.508 e. The third-order valence-corrected chi connectivity index (χ3v) is 4.46. The third-order valence-electron chi connectivity index (χ3n) is 3.77. The van der Waals surface area contributed by atoms with Crippen molar-refractivity contribution < 1.29 is 5.11 Å². The number of anilines is 1. The van der Waals surface area contributed by atoms with Crippen molar-refractivity contribution in [1.29, 1.82) is 0 Å². The summed E-state index contributed by atoms with van der Waals surface area (Å²) < 4.78 is 0. The van der Waals surface area contributed by atoms with Crippen molar-refractivity contribution in [3.05, 3.63) is 45.6 Å². The lowest BCUT2D eigenvalue weighted by atomic mass is 9.97. The van der Waals surface area contributed by atoms with Crippen molar-refractivity contribution in [2.45, 2.75) is 32.2 Å². The molecule has 1 aromatic carbocycles. The normalized spacial score (nSPS) is 21.9. The number of phenolic OH excluding ortho intramolecular Hbond substituents is 1. The molecule has 1 aromatic heterocycles. The Morgan fingerprint density at radius 3 is 2.83 bits per heavy atom. The monoisotopic (exact) mass is 259 g/mol. The SMILES string of the molecule is Cc1ccc(O)c2c1C(C)CC2Nc1ccsc1. The number of benzene rings is 1. The van der Waals surface area contributed by atoms with Crippen molar-refractivity contribution in [3.8, 4) is 5.75 Å². The van der Waals surface area contributed by atoms with Crippen LogP contribution in [-0.2, 0) is 0 Å². The molecule has 2 aromatic rings. The van der Waals surface area contributed by atoms with Gasteiger partial charge in [-0.1, -0.05) is 13.0 Å². The fourth-order valence-corrected chi connectivity index (χ4v) is 3.62. The van der Waals surface area contributed by atoms with E-state index in [2.05, 4.69) is 36.0 Å². The average molecular weight is 259 g/mol. The summed E-state index contributed by atoms with van der Waals surface area (Å²) in [5, 5.41) is 17.8. The van der Waals surface area contributed by atoms with Crippen LogP contribution >= 0.6 is 11.3 Å². The summed E-state index contributed by atoms with van der Waals surface area (Å²) in [6.45, 7) is 4.36. The van der Waals surface area contributed by atoms with Crippen LogP contribution in [0.5, 0.6) is 5.75 Å². The summed E-state index contributed by atoms with van der Waals surface area (Å²) in [4.78, 5) is 0. The molecule has 1 heterocycles. The molecule has 0 fully saturated rings. The second-order valence-electron chi connectivity index (χ2n) is 5.07. The van der Waals surface area contributed by atoms with Gasteiger partial charge in [0.05, 0.1) is 6.04 Å². The number of nitrogens with one attached hydrogen (secondary N) is 1. The van der Waals surface area contributed by atoms with Gasteiger partial charge in [-0.15, -0.1) is 0 Å². The molecule has 0 spiro atoms. The van der Waals surface area contributed by atoms with E-state index in [1.165, 1.54) is 11.1 Å². The summed E-state index contributed by atoms with van der Waals surface area (Å²) in [6, 6.07) is 6.14. The summed E-state index contributed by atoms with van der Waals surface area (Å²) in [5.41, 5.74) is 4.84. The fourth-order valence-electron chi connectivity index (χ4n) is 3.02. The number of aryl methyl sites for hydroxylation is 1. The second-order valence-corrected chi connectivity index (χ2v) is 5.85. The van der Waals surface area contributed by atoms with Gasteiger partial charge < -0.3 is 10.4 Å². The molecular weight excluding hydrogens is 242 g/mol. The Morgan fingerprint density at radius 2 is 2.11 bits per heavy atom. The fraction of sp³-hybridized carbons (Fsp3) is 0.333. The Balaban J connectivity index is 2.00. The number of rotatable bonds is 2. The van der Waals surface area contributed by atoms with E-state index in [4.69, 9.17) is 0 Å². The highest BCUT2D eigenvalue weighted by Crippen LogP contribution is 2.47. The molecular formula is C15H17NOS. The molecule has 94 valence electrons. The predicted octanol–water partition coefficient (Wildman–Crippen LogP) is 4.42. The van der Waals surface area contributed by atoms with Crippen LogP contribution < -0.4 is 5.32 Å². The highest BCUT2D eigenvalue weighted by Gasteiger charge is 2.32. The van der Waals surface area contributed by atoms with Gasteiger partial charge in [-0.3, -0.25) is 0 Å². The van der Waals surface area contributed by atoms with Gasteiger partial charge in [0.15, 0.2) is 0 Å². The maximum atomic E-state index is 10.1. The average Bonchev–Trinajstić information content (AvgIpc) is 2.93. The molecule has 0 amide bonds. The molecule has 0 aliphatic heterocycles. The van der Waals surface area contributed by atoms with E-state index in [1.54, 1.807) is 11.3 Å². The molecule has 0 saturated heterocycles. The van der Waals surface area contributed by atoms with Crippen molar-refractivity contribution >= 4 is 17.0 Å². The molecule has 18 heavy (non-hydrogen) atoms. The summed E-state index contributed by atoms with van der Waals surface area (Å²) in [7, 11) is 0. The predicted molar refractivity (Wildman–Crippen MR) is 76.6 cm³/mol. The number of thiophene rings is 1. The van der Waals surface area contributed by atoms with Gasteiger partial charge in [-0.2, -0.15) is 11.3 Å². The standard InChI is InChI=1S/C15H17NOS/c1-9-3-4-13(17)15-12(7-10(2)14(9)15)16-11-5-6-18-8-11/h3-6,8,10,12,16-17H,7H2,1-2H3. The van der Waals surface area contributed by atoms with Gasteiger partial charge in [0.2, 0.25) is 0 Å². The minimum atomic E-state index is 0.226. The van der Waals surface area contributed by atoms with Crippen molar-refractivity contribution in [3.63, 3.8) is 0 Å². The van der Waals surface area contributed by atoms with Crippen molar-refractivity contribution in [2.75, 3.05) is 5.32 Å². The molecule has 1 aliphatic carbocycles. The second kappa shape index (κ2) is 4.32. The minimum Gasteiger partial charge on any atom is -0.508 e. The Hall–Kier alpha value is -1.48. The van der Waals surface area contributed by atoms with Crippen LogP contribution in [-0.4, -0.2) is 5.11 Å². The zero-order chi connectivity index (χ0) is 12.7. The van der Waals surface area contributed by atoms with Gasteiger partial charge in [-0.25, -0.2) is 0 Å². The van der Waals surface area contributed by atoms with Crippen LogP contribution in [0.1, 0.15) is 42.0 Å². The smallest absolute Gasteiger partial charge is 0.121 e. The van der Waals surface area contributed by atoms with Crippen LogP contribution in [0.3, 0.4) is 0 Å². The first-order chi connectivity index (χ1) is 8.66. The minimum absolute atomic E-state index is 0.226. The van der Waals surface area contributed by atoms with Gasteiger partial charge in [-0.05, 0) is 47.9 Å². The van der Waals surface area contributed by atoms with E-state index in [0.29, 0.717) is 11.7 Å². The van der Waals surface area contributed by atoms with Crippen LogP contribution in [0.4, 0.5) is 5.69 Å². The van der Waals surface area contributed by atoms with Crippen LogP contribution in [0.25, 0.3) is 0 Å². The third kappa shape index (κ3) is 1.79. The van der Waals surface area contributed by atoms with Crippen LogP contribution in [0.2, 0.25) is 0 Å². The van der Waals surface area contributed by atoms with E-state index in [0.717, 1.165) is 17.7 Å². The number of fused-ring (bicyclic) bond motifs is 1. The lowest BCUT2D eigenvalue weighted by molar-refractivity contribution is 0.465. The van der Waals surface area contributed by atoms with Gasteiger partial charge in [0.25, 0.3) is 0 Å². The van der Waals surface area contributed by atoms with E-state index < -0.39 is 0 Å². The highest BCUT2D eigenvalue weighted by atomic mass is 32.1. The van der Waals surface area contributed by atoms with Gasteiger partial charge in [0, 0.05) is 16.6 Å². The van der Waals surface area contributed by atoms with E-state index >= 15 is 0 Å². The van der Waals surface area contributed by atoms with Gasteiger partial charge in [0.1, 0.15) is 5.75 Å². The highest BCUT2D eigenvalue weighted by molar-refractivity contribution is 7.08. The first-order valence-corrected chi connectivity index (χ1v) is 7.22. The molecule has 1 aliphatic rings. The van der Waals surface area contributed by atoms with Crippen molar-refractivity contribution in [1.82, 2.24) is 0 Å². The van der Waals surface area contributed by atoms with Crippen LogP contribution in [0.15, 0.2) is 29.0 Å². The number of hydrogen-bond donors (Lipinski definition) is 2. The molecule has 3 rings (SSSR count). The number of phenols is 1. The zero-order valence-electron chi connectivity index (χ0n) is 10.6. The molecule has 3 heteroatoms. The first-order valence-electron chi connectivity index (χ1n) is 6.28. The molecule has 2 nitrogen and oxygen atoms in total. The zero-order valence-corrected chi connectivity index (χ0v) is 11.4. The quantitative estimate of drug-likeness (QED) is 0.836. The van der Waals surface area contributed by atoms with E-state index in [1.807, 2.05) is 12.1 Å². The molecule has 2 unspecified atom stereocenters. The Bertz CT molecular complexity index is 562. The molecule has 2 N–H and O–H groups in total. The first kappa shape index (κ1) is 11.6. The summed E-state index contributed by atoms with van der Waals surface area (Å²) >= 11 is 1.69. The Kier molecular flexibility index (Phi) is 2.78.